The molecule has 1 saturated carbocycles. The molecule has 1 aliphatic carbocycles. The predicted octanol–water partition coefficient (Wildman–Crippen LogP) is 8.11. The molecule has 7 heteroatoms. The van der Waals surface area contributed by atoms with Gasteiger partial charge in [-0.3, -0.25) is 4.79 Å². The summed E-state index contributed by atoms with van der Waals surface area (Å²) < 4.78 is 4.99. The molecule has 1 unspecified atom stereocenters. The molecule has 41 heavy (non-hydrogen) atoms. The first-order chi connectivity index (χ1) is 19.8. The van der Waals surface area contributed by atoms with Crippen molar-refractivity contribution in [2.45, 2.75) is 43.3 Å². The number of carboxylic acids is 1. The average molecular weight is 586 g/mol. The van der Waals surface area contributed by atoms with Crippen LogP contribution in [-0.4, -0.2) is 34.4 Å². The zero-order valence-corrected chi connectivity index (χ0v) is 24.4. The molecule has 0 saturated heterocycles. The minimum Gasteiger partial charge on any atom is -0.481 e. The van der Waals surface area contributed by atoms with E-state index < -0.39 is 5.97 Å². The van der Waals surface area contributed by atoms with Gasteiger partial charge in [0.25, 0.3) is 0 Å². The number of aryl methyl sites for hydroxylation is 1. The Kier molecular flexibility index (Phi) is 8.81. The van der Waals surface area contributed by atoms with Crippen molar-refractivity contribution in [2.75, 3.05) is 7.11 Å². The number of fused-ring (bicyclic) bond motifs is 1. The lowest BCUT2D eigenvalue weighted by Gasteiger charge is -2.31. The van der Waals surface area contributed by atoms with Gasteiger partial charge in [0.15, 0.2) is 0 Å². The van der Waals surface area contributed by atoms with Crippen LogP contribution in [0.5, 0.6) is 0 Å². The van der Waals surface area contributed by atoms with E-state index in [2.05, 4.69) is 12.1 Å². The smallest absolute Gasteiger partial charge is 0.338 e. The van der Waals surface area contributed by atoms with Crippen molar-refractivity contribution in [1.29, 1.82) is 0 Å². The number of esters is 1. The van der Waals surface area contributed by atoms with E-state index in [0.717, 1.165) is 46.1 Å². The maximum absolute atomic E-state index is 12.4. The number of carbonyl (C=O) groups is 2. The van der Waals surface area contributed by atoms with Crippen molar-refractivity contribution < 1.29 is 19.4 Å². The largest absolute Gasteiger partial charge is 0.481 e. The summed E-state index contributed by atoms with van der Waals surface area (Å²) in [5, 5.41) is 11.2. The number of ether oxygens (including phenoxy) is 1. The first kappa shape index (κ1) is 28.9. The van der Waals surface area contributed by atoms with Crippen LogP contribution in [0.15, 0.2) is 78.9 Å². The van der Waals surface area contributed by atoms with E-state index >= 15 is 0 Å². The molecule has 4 aromatic rings. The van der Waals surface area contributed by atoms with E-state index in [1.165, 1.54) is 7.11 Å². The van der Waals surface area contributed by atoms with Gasteiger partial charge in [-0.25, -0.2) is 9.78 Å². The van der Waals surface area contributed by atoms with Crippen molar-refractivity contribution in [2.24, 2.45) is 5.41 Å². The molecule has 0 amide bonds. The van der Waals surface area contributed by atoms with Crippen molar-refractivity contribution in [3.05, 3.63) is 112 Å². The molecule has 1 aromatic heterocycles. The van der Waals surface area contributed by atoms with Crippen LogP contribution in [0.1, 0.15) is 64.3 Å². The molecule has 1 fully saturated rings. The molecule has 5 nitrogen and oxygen atoms in total. The monoisotopic (exact) mass is 585 g/mol. The van der Waals surface area contributed by atoms with Gasteiger partial charge >= 0.3 is 11.9 Å². The number of carboxylic acid groups (broad SMARTS) is 1. The molecule has 5 rings (SSSR count). The molecular formula is C34H32ClNO4S. The van der Waals surface area contributed by atoms with Gasteiger partial charge in [-0.1, -0.05) is 72.3 Å². The Morgan fingerprint density at radius 2 is 1.83 bits per heavy atom. The number of pyridine rings is 1. The highest BCUT2D eigenvalue weighted by molar-refractivity contribution is 7.81. The third-order valence-electron chi connectivity index (χ3n) is 8.01. The number of hydrogen-bond donors (Lipinski definition) is 2. The second kappa shape index (κ2) is 12.5. The van der Waals surface area contributed by atoms with Crippen LogP contribution in [-0.2, 0) is 16.0 Å². The molecule has 0 spiro atoms. The minimum atomic E-state index is -0.794. The van der Waals surface area contributed by atoms with Gasteiger partial charge < -0.3 is 9.84 Å². The van der Waals surface area contributed by atoms with Crippen LogP contribution in [0.25, 0.3) is 23.1 Å². The number of carbonyl (C=O) groups excluding carboxylic acids is 1. The Bertz CT molecular complexity index is 1610. The number of hydrogen-bond acceptors (Lipinski definition) is 5. The molecule has 210 valence electrons. The van der Waals surface area contributed by atoms with Crippen LogP contribution >= 0.6 is 24.2 Å². The molecule has 3 aromatic carbocycles. The Morgan fingerprint density at radius 1 is 1.05 bits per heavy atom. The van der Waals surface area contributed by atoms with E-state index in [0.29, 0.717) is 23.4 Å². The number of rotatable bonds is 11. The summed E-state index contributed by atoms with van der Waals surface area (Å²) in [6.45, 7) is 0. The van der Waals surface area contributed by atoms with Gasteiger partial charge in [0.1, 0.15) is 0 Å². The first-order valence-corrected chi connectivity index (χ1v) is 14.6. The Labute approximate surface area is 250 Å². The lowest BCUT2D eigenvalue weighted by molar-refractivity contribution is -0.138. The highest BCUT2D eigenvalue weighted by Gasteiger charge is 2.51. The maximum atomic E-state index is 12.4. The molecule has 1 aliphatic rings. The topological polar surface area (TPSA) is 76.5 Å². The van der Waals surface area contributed by atoms with Crippen molar-refractivity contribution in [3.8, 4) is 0 Å². The van der Waals surface area contributed by atoms with Crippen molar-refractivity contribution >= 4 is 59.2 Å². The number of methoxy groups -OCH3 is 1. The van der Waals surface area contributed by atoms with Gasteiger partial charge in [-0.05, 0) is 84.0 Å². The Hall–Kier alpha value is -3.61. The number of nitrogens with zero attached hydrogens (tertiary/aromatic N) is 1. The van der Waals surface area contributed by atoms with Gasteiger partial charge in [0, 0.05) is 15.7 Å². The summed E-state index contributed by atoms with van der Waals surface area (Å²) in [5.41, 5.74) is 4.91. The van der Waals surface area contributed by atoms with E-state index in [-0.39, 0.29) is 29.0 Å². The fourth-order valence-corrected chi connectivity index (χ4v) is 6.44. The zero-order chi connectivity index (χ0) is 29.0. The third-order valence-corrected chi connectivity index (χ3v) is 9.16. The molecule has 0 bridgehead atoms. The summed E-state index contributed by atoms with van der Waals surface area (Å²) in [4.78, 5) is 28.8. The molecule has 0 aliphatic heterocycles. The predicted molar refractivity (Wildman–Crippen MR) is 168 cm³/mol. The number of aliphatic carboxylic acids is 1. The lowest BCUT2D eigenvalue weighted by Crippen LogP contribution is -2.27. The van der Waals surface area contributed by atoms with Gasteiger partial charge in [0.2, 0.25) is 0 Å². The van der Waals surface area contributed by atoms with Crippen molar-refractivity contribution in [3.63, 3.8) is 0 Å². The summed E-state index contributed by atoms with van der Waals surface area (Å²) >= 11 is 11.2. The van der Waals surface area contributed by atoms with E-state index in [4.69, 9.17) is 34.0 Å². The lowest BCUT2D eigenvalue weighted by atomic mass is 9.80. The van der Waals surface area contributed by atoms with Crippen LogP contribution in [0, 0.1) is 5.41 Å². The van der Waals surface area contributed by atoms with Crippen molar-refractivity contribution in [1.82, 2.24) is 4.98 Å². The zero-order valence-electron chi connectivity index (χ0n) is 22.8. The summed E-state index contributed by atoms with van der Waals surface area (Å²) in [6, 6.07) is 25.4. The highest BCUT2D eigenvalue weighted by Crippen LogP contribution is 2.58. The van der Waals surface area contributed by atoms with E-state index in [9.17, 15) is 14.7 Å². The normalized spacial score (nSPS) is 15.5. The van der Waals surface area contributed by atoms with Gasteiger partial charge in [-0.2, -0.15) is 12.6 Å². The number of aromatic nitrogens is 1. The highest BCUT2D eigenvalue weighted by atomic mass is 35.5. The Balaban J connectivity index is 1.43. The van der Waals surface area contributed by atoms with Gasteiger partial charge in [-0.15, -0.1) is 0 Å². The van der Waals surface area contributed by atoms with E-state index in [1.807, 2.05) is 72.8 Å². The second-order valence-electron chi connectivity index (χ2n) is 10.7. The van der Waals surface area contributed by atoms with Crippen LogP contribution < -0.4 is 0 Å². The van der Waals surface area contributed by atoms with Crippen LogP contribution in [0.2, 0.25) is 5.02 Å². The van der Waals surface area contributed by atoms with Gasteiger partial charge in [0.05, 0.1) is 30.3 Å². The second-order valence-corrected chi connectivity index (χ2v) is 11.7. The summed E-state index contributed by atoms with van der Waals surface area (Å²) in [7, 11) is 1.38. The maximum Gasteiger partial charge on any atom is 0.338 e. The summed E-state index contributed by atoms with van der Waals surface area (Å²) in [6.07, 6.45) is 7.16. The summed E-state index contributed by atoms with van der Waals surface area (Å²) in [5.74, 6) is -1.17. The van der Waals surface area contributed by atoms with Crippen LogP contribution in [0.3, 0.4) is 0 Å². The standard InChI is InChI=1S/C34H32ClNO4S/c1-40-33(39)29-8-3-2-6-23(29)12-16-28(32(41)34(17-18-34)21-31(37)38)25-7-4-5-22(19-25)9-14-27-15-11-24-10-13-26(35)20-30(24)36-27/h2-11,13-15,19-20,28,32,41H,12,16-18,21H2,1H3,(H,37,38)/t28-,32?/m1/s1. The minimum absolute atomic E-state index is 0.0137. The fourth-order valence-electron chi connectivity index (χ4n) is 5.60. The van der Waals surface area contributed by atoms with Crippen LogP contribution in [0.4, 0.5) is 0 Å². The quantitative estimate of drug-likeness (QED) is 0.137. The number of halogens is 1. The third kappa shape index (κ3) is 6.83. The number of benzene rings is 3. The first-order valence-electron chi connectivity index (χ1n) is 13.7. The Morgan fingerprint density at radius 3 is 2.59 bits per heavy atom. The molecule has 1 N–H and O–H groups in total. The molecular weight excluding hydrogens is 554 g/mol. The fraction of sp³-hybridized carbons (Fsp3) is 0.265. The molecule has 2 atom stereocenters. The molecule has 1 heterocycles. The molecule has 0 radical (unpaired) electrons. The van der Waals surface area contributed by atoms with E-state index in [1.54, 1.807) is 6.07 Å². The SMILES string of the molecule is COC(=O)c1ccccc1CC[C@H](c1cccc(C=Cc2ccc3ccc(Cl)cc3n2)c1)C(S)C1(CC(=O)O)CC1. The average Bonchev–Trinajstić information content (AvgIpc) is 3.75. The number of thiol groups is 1.